The molecule has 0 saturated carbocycles. The number of nitrogens with zero attached hydrogens (tertiary/aromatic N) is 4. The maximum Gasteiger partial charge on any atom is 0.276 e. The number of carbonyl (C=O) groups excluding carboxylic acids is 1. The van der Waals surface area contributed by atoms with Gasteiger partial charge < -0.3 is 14.4 Å². The number of rotatable bonds is 5. The summed E-state index contributed by atoms with van der Waals surface area (Å²) in [4.78, 5) is 14.8. The van der Waals surface area contributed by atoms with Crippen molar-refractivity contribution in [3.63, 3.8) is 0 Å². The van der Waals surface area contributed by atoms with Crippen molar-refractivity contribution in [1.29, 1.82) is 0 Å². The van der Waals surface area contributed by atoms with Crippen molar-refractivity contribution in [3.05, 3.63) is 77.6 Å². The first kappa shape index (κ1) is 19.7. The van der Waals surface area contributed by atoms with E-state index in [1.807, 2.05) is 60.7 Å². The minimum absolute atomic E-state index is 0.135. The van der Waals surface area contributed by atoms with Crippen LogP contribution in [0, 0.1) is 0 Å². The summed E-state index contributed by atoms with van der Waals surface area (Å²) in [6.45, 7) is 2.10. The molecule has 7 heteroatoms. The highest BCUT2D eigenvalue weighted by Gasteiger charge is 2.23. The van der Waals surface area contributed by atoms with E-state index < -0.39 is 0 Å². The Bertz CT molecular complexity index is 1030. The zero-order chi connectivity index (χ0) is 20.8. The Balaban J connectivity index is 1.45. The van der Waals surface area contributed by atoms with Gasteiger partial charge in [-0.05, 0) is 18.1 Å². The molecule has 0 saturated heterocycles. The summed E-state index contributed by atoms with van der Waals surface area (Å²) in [7, 11) is 1.62. The quantitative estimate of drug-likeness (QED) is 0.652. The van der Waals surface area contributed by atoms with Crippen LogP contribution in [-0.2, 0) is 13.1 Å². The van der Waals surface area contributed by atoms with Gasteiger partial charge in [0.15, 0.2) is 17.2 Å². The van der Waals surface area contributed by atoms with Gasteiger partial charge >= 0.3 is 0 Å². The summed E-state index contributed by atoms with van der Waals surface area (Å²) in [5.41, 5.74) is 2.38. The topological polar surface area (TPSA) is 69.5 Å². The van der Waals surface area contributed by atoms with Crippen LogP contribution in [0.2, 0.25) is 0 Å². The lowest BCUT2D eigenvalue weighted by atomic mass is 10.1. The second-order valence-electron chi connectivity index (χ2n) is 7.02. The summed E-state index contributed by atoms with van der Waals surface area (Å²) in [5, 5.41) is 8.19. The molecular formula is C23H24N4O3. The molecule has 4 rings (SSSR count). The van der Waals surface area contributed by atoms with Crippen molar-refractivity contribution in [3.8, 4) is 11.5 Å². The van der Waals surface area contributed by atoms with Gasteiger partial charge in [-0.3, -0.25) is 4.79 Å². The highest BCUT2D eigenvalue weighted by atomic mass is 16.5. The van der Waals surface area contributed by atoms with Gasteiger partial charge in [-0.15, -0.1) is 5.10 Å². The van der Waals surface area contributed by atoms with Gasteiger partial charge in [0.05, 0.1) is 26.5 Å². The second-order valence-corrected chi connectivity index (χ2v) is 7.02. The van der Waals surface area contributed by atoms with Gasteiger partial charge in [-0.25, -0.2) is 4.68 Å². The van der Waals surface area contributed by atoms with Crippen LogP contribution in [0.3, 0.4) is 0 Å². The van der Waals surface area contributed by atoms with E-state index in [0.29, 0.717) is 43.4 Å². The second kappa shape index (κ2) is 9.26. The summed E-state index contributed by atoms with van der Waals surface area (Å²) < 4.78 is 12.9. The number of carbonyl (C=O) groups is 1. The molecule has 0 unspecified atom stereocenters. The average molecular weight is 404 g/mol. The van der Waals surface area contributed by atoms with E-state index >= 15 is 0 Å². The summed E-state index contributed by atoms with van der Waals surface area (Å²) in [6, 6.07) is 15.8. The number of hydrogen-bond donors (Lipinski definition) is 0. The van der Waals surface area contributed by atoms with Gasteiger partial charge in [0, 0.05) is 18.7 Å². The van der Waals surface area contributed by atoms with E-state index in [0.717, 1.165) is 17.5 Å². The van der Waals surface area contributed by atoms with Gasteiger partial charge in [0.2, 0.25) is 0 Å². The number of amides is 1. The Morgan fingerprint density at radius 2 is 2.07 bits per heavy atom. The Labute approximate surface area is 175 Å². The number of hydrogen-bond acceptors (Lipinski definition) is 5. The monoisotopic (exact) mass is 404 g/mol. The molecule has 0 atom stereocenters. The molecule has 1 aliphatic heterocycles. The number of fused-ring (bicyclic) bond motifs is 1. The normalized spacial score (nSPS) is 14.0. The number of ether oxygens (including phenoxy) is 2. The molecule has 0 fully saturated rings. The van der Waals surface area contributed by atoms with Gasteiger partial charge in [-0.1, -0.05) is 59.8 Å². The lowest BCUT2D eigenvalue weighted by Crippen LogP contribution is -2.34. The summed E-state index contributed by atoms with van der Waals surface area (Å²) in [5.74, 6) is 1.24. The Morgan fingerprint density at radius 1 is 1.20 bits per heavy atom. The average Bonchev–Trinajstić information content (AvgIpc) is 3.23. The van der Waals surface area contributed by atoms with Crippen LogP contribution in [-0.4, -0.2) is 46.1 Å². The largest absolute Gasteiger partial charge is 0.493 e. The molecule has 2 aromatic carbocycles. The zero-order valence-electron chi connectivity index (χ0n) is 16.9. The smallest absolute Gasteiger partial charge is 0.276 e. The van der Waals surface area contributed by atoms with Gasteiger partial charge in [0.1, 0.15) is 0 Å². The van der Waals surface area contributed by atoms with Crippen LogP contribution in [0.15, 0.2) is 60.8 Å². The number of allylic oxidation sites excluding steroid dienone is 1. The summed E-state index contributed by atoms with van der Waals surface area (Å²) in [6.07, 6.45) is 6.44. The first-order chi connectivity index (χ1) is 14.7. The van der Waals surface area contributed by atoms with Crippen LogP contribution < -0.4 is 9.47 Å². The minimum atomic E-state index is -0.135. The van der Waals surface area contributed by atoms with E-state index in [2.05, 4.69) is 10.3 Å². The highest BCUT2D eigenvalue weighted by Crippen LogP contribution is 2.33. The third kappa shape index (κ3) is 4.51. The minimum Gasteiger partial charge on any atom is -0.493 e. The molecule has 0 radical (unpaired) electrons. The van der Waals surface area contributed by atoms with Gasteiger partial charge in [-0.2, -0.15) is 0 Å². The van der Waals surface area contributed by atoms with Crippen LogP contribution in [0.25, 0.3) is 6.08 Å². The predicted octanol–water partition coefficient (Wildman–Crippen LogP) is 3.43. The predicted molar refractivity (Wildman–Crippen MR) is 113 cm³/mol. The van der Waals surface area contributed by atoms with E-state index in [4.69, 9.17) is 9.47 Å². The Kier molecular flexibility index (Phi) is 6.08. The molecule has 0 bridgehead atoms. The first-order valence-corrected chi connectivity index (χ1v) is 9.94. The van der Waals surface area contributed by atoms with Crippen molar-refractivity contribution in [1.82, 2.24) is 19.9 Å². The third-order valence-corrected chi connectivity index (χ3v) is 4.91. The molecule has 30 heavy (non-hydrogen) atoms. The van der Waals surface area contributed by atoms with Crippen molar-refractivity contribution in [2.45, 2.75) is 19.5 Å². The lowest BCUT2D eigenvalue weighted by Gasteiger charge is -2.26. The number of methoxy groups -OCH3 is 1. The maximum absolute atomic E-state index is 13.1. The molecule has 1 amide bonds. The Morgan fingerprint density at radius 3 is 2.90 bits per heavy atom. The van der Waals surface area contributed by atoms with Crippen LogP contribution in [0.4, 0.5) is 0 Å². The molecule has 3 aromatic rings. The zero-order valence-corrected chi connectivity index (χ0v) is 16.9. The number of benzene rings is 2. The lowest BCUT2D eigenvalue weighted by molar-refractivity contribution is 0.0715. The van der Waals surface area contributed by atoms with Crippen molar-refractivity contribution >= 4 is 12.0 Å². The molecule has 1 aliphatic rings. The fourth-order valence-electron chi connectivity index (χ4n) is 3.41. The molecule has 1 aromatic heterocycles. The molecule has 0 N–H and O–H groups in total. The molecular weight excluding hydrogens is 380 g/mol. The molecule has 154 valence electrons. The molecule has 0 spiro atoms. The standard InChI is InChI=1S/C23H24N4O3/c1-29-21-12-5-11-19-16-26(13-7-15-30-22(19)21)23(28)20-17-27(25-24-20)14-6-10-18-8-3-2-4-9-18/h2-6,8-12,17H,7,13-16H2,1H3. The fourth-order valence-corrected chi connectivity index (χ4v) is 3.41. The van der Waals surface area contributed by atoms with E-state index in [-0.39, 0.29) is 5.91 Å². The van der Waals surface area contributed by atoms with Crippen molar-refractivity contribution < 1.29 is 14.3 Å². The van der Waals surface area contributed by atoms with Crippen LogP contribution in [0.1, 0.15) is 28.0 Å². The van der Waals surface area contributed by atoms with E-state index in [1.54, 1.807) is 22.9 Å². The molecule has 0 aliphatic carbocycles. The fraction of sp³-hybridized carbons (Fsp3) is 0.261. The van der Waals surface area contributed by atoms with E-state index in [9.17, 15) is 4.79 Å². The van der Waals surface area contributed by atoms with E-state index in [1.165, 1.54) is 0 Å². The SMILES string of the molecule is COc1cccc2c1OCCCN(C(=O)c1cn(CC=Cc3ccccc3)nn1)C2. The molecule has 2 heterocycles. The summed E-state index contributed by atoms with van der Waals surface area (Å²) >= 11 is 0. The van der Waals surface area contributed by atoms with Crippen molar-refractivity contribution in [2.75, 3.05) is 20.3 Å². The van der Waals surface area contributed by atoms with Crippen LogP contribution in [0.5, 0.6) is 11.5 Å². The number of aromatic nitrogens is 3. The maximum atomic E-state index is 13.1. The third-order valence-electron chi connectivity index (χ3n) is 4.91. The molecule has 7 nitrogen and oxygen atoms in total. The number of para-hydroxylation sites is 1. The Hall–Kier alpha value is -3.61. The highest BCUT2D eigenvalue weighted by molar-refractivity contribution is 5.92. The van der Waals surface area contributed by atoms with Gasteiger partial charge in [0.25, 0.3) is 5.91 Å². The first-order valence-electron chi connectivity index (χ1n) is 9.94. The van der Waals surface area contributed by atoms with Crippen molar-refractivity contribution in [2.24, 2.45) is 0 Å². The van der Waals surface area contributed by atoms with Crippen LogP contribution >= 0.6 is 0 Å².